The van der Waals surface area contributed by atoms with Crippen LogP contribution in [0.3, 0.4) is 0 Å². The molecule has 3 aromatic heterocycles. The van der Waals surface area contributed by atoms with E-state index in [4.69, 9.17) is 33.0 Å². The first-order valence-corrected chi connectivity index (χ1v) is 18.8. The van der Waals surface area contributed by atoms with Gasteiger partial charge < -0.3 is 4.74 Å². The molecule has 0 spiro atoms. The fourth-order valence-electron chi connectivity index (χ4n) is 5.71. The molecule has 6 aromatic rings. The van der Waals surface area contributed by atoms with Crippen LogP contribution >= 0.6 is 23.2 Å². The van der Waals surface area contributed by atoms with Crippen molar-refractivity contribution < 1.29 is 26.0 Å². The number of aryl methyl sites for hydroxylation is 2. The average Bonchev–Trinajstić information content (AvgIpc) is 3.56. The number of rotatable bonds is 9. The van der Waals surface area contributed by atoms with Crippen molar-refractivity contribution in [2.75, 3.05) is 18.1 Å². The standard InChI is InChI=1S/C34H30Cl2FN5O5S2/c1-19-6-9-24(10-7-19)49(45,46)42-18-26(32-20(2)39-41(21(32)3)17-27-28(35)11-12-29(37)33(27)36)25-14-23(16-38-34(25)42)22-8-13-31(47-4)30(15-22)40-48(5,43)44/h6-16,18,40H,17H2,1-5H3. The van der Waals surface area contributed by atoms with Crippen LogP contribution in [0.15, 0.2) is 78.0 Å². The average molecular weight is 743 g/mol. The SMILES string of the molecule is COc1ccc(-c2cnc3c(c2)c(-c2c(C)nn(Cc4c(Cl)ccc(F)c4Cl)c2C)cn3S(=O)(=O)c2ccc(C)cc2)cc1NS(C)(=O)=O. The van der Waals surface area contributed by atoms with Crippen molar-refractivity contribution in [2.24, 2.45) is 0 Å². The third-order valence-electron chi connectivity index (χ3n) is 8.12. The van der Waals surface area contributed by atoms with Crippen molar-refractivity contribution in [3.8, 4) is 28.0 Å². The van der Waals surface area contributed by atoms with Crippen molar-refractivity contribution >= 4 is 60.0 Å². The molecule has 49 heavy (non-hydrogen) atoms. The highest BCUT2D eigenvalue weighted by Gasteiger charge is 2.27. The van der Waals surface area contributed by atoms with E-state index in [0.29, 0.717) is 50.3 Å². The molecule has 0 unspecified atom stereocenters. The van der Waals surface area contributed by atoms with Crippen molar-refractivity contribution in [3.63, 3.8) is 0 Å². The first-order valence-electron chi connectivity index (χ1n) is 14.8. The maximum Gasteiger partial charge on any atom is 0.269 e. The van der Waals surface area contributed by atoms with Gasteiger partial charge in [0.05, 0.1) is 41.2 Å². The van der Waals surface area contributed by atoms with Crippen LogP contribution in [0.25, 0.3) is 33.3 Å². The zero-order valence-electron chi connectivity index (χ0n) is 26.9. The number of nitrogens with one attached hydrogen (secondary N) is 1. The summed E-state index contributed by atoms with van der Waals surface area (Å²) in [4.78, 5) is 4.72. The van der Waals surface area contributed by atoms with Crippen LogP contribution in [0, 0.1) is 26.6 Å². The number of methoxy groups -OCH3 is 1. The molecule has 0 saturated heterocycles. The van der Waals surface area contributed by atoms with E-state index in [9.17, 15) is 21.2 Å². The Hall–Kier alpha value is -4.43. The van der Waals surface area contributed by atoms with E-state index in [-0.39, 0.29) is 32.8 Å². The molecule has 0 aliphatic rings. The van der Waals surface area contributed by atoms with Crippen LogP contribution in [0.1, 0.15) is 22.5 Å². The number of hydrogen-bond acceptors (Lipinski definition) is 7. The molecule has 3 aromatic carbocycles. The van der Waals surface area contributed by atoms with E-state index in [1.165, 1.54) is 31.6 Å². The zero-order chi connectivity index (χ0) is 35.4. The van der Waals surface area contributed by atoms with Gasteiger partial charge in [-0.3, -0.25) is 9.40 Å². The number of benzene rings is 3. The normalized spacial score (nSPS) is 12.1. The summed E-state index contributed by atoms with van der Waals surface area (Å²) in [5.74, 6) is -0.296. The molecule has 0 bridgehead atoms. The van der Waals surface area contributed by atoms with Crippen molar-refractivity contribution in [3.05, 3.63) is 111 Å². The maximum absolute atomic E-state index is 14.4. The van der Waals surface area contributed by atoms with Crippen molar-refractivity contribution in [2.45, 2.75) is 32.2 Å². The summed E-state index contributed by atoms with van der Waals surface area (Å²) in [6.07, 6.45) is 4.08. The monoisotopic (exact) mass is 741 g/mol. The van der Waals surface area contributed by atoms with Crippen LogP contribution in [-0.4, -0.2) is 48.9 Å². The number of halogens is 3. The third-order valence-corrected chi connectivity index (χ3v) is 11.1. The highest BCUT2D eigenvalue weighted by atomic mass is 35.5. The number of pyridine rings is 1. The van der Waals surface area contributed by atoms with Gasteiger partial charge in [0.2, 0.25) is 10.0 Å². The lowest BCUT2D eigenvalue weighted by molar-refractivity contribution is 0.417. The second-order valence-corrected chi connectivity index (χ2v) is 15.9. The molecule has 6 rings (SSSR count). The molecule has 3 heterocycles. The van der Waals surface area contributed by atoms with Crippen LogP contribution in [-0.2, 0) is 26.6 Å². The Labute approximate surface area is 293 Å². The second-order valence-electron chi connectivity index (χ2n) is 11.6. The van der Waals surface area contributed by atoms with E-state index in [0.717, 1.165) is 15.8 Å². The van der Waals surface area contributed by atoms with Gasteiger partial charge in [-0.2, -0.15) is 5.10 Å². The zero-order valence-corrected chi connectivity index (χ0v) is 30.1. The van der Waals surface area contributed by atoms with Gasteiger partial charge in [-0.15, -0.1) is 0 Å². The van der Waals surface area contributed by atoms with E-state index in [1.807, 2.05) is 13.8 Å². The molecule has 254 valence electrons. The van der Waals surface area contributed by atoms with Crippen LogP contribution in [0.5, 0.6) is 5.75 Å². The van der Waals surface area contributed by atoms with Gasteiger partial charge in [-0.1, -0.05) is 47.0 Å². The Morgan fingerprint density at radius 1 is 0.939 bits per heavy atom. The van der Waals surface area contributed by atoms with E-state index < -0.39 is 25.9 Å². The van der Waals surface area contributed by atoms with Gasteiger partial charge >= 0.3 is 0 Å². The first kappa shape index (κ1) is 34.4. The van der Waals surface area contributed by atoms with Crippen LogP contribution in [0.2, 0.25) is 10.0 Å². The van der Waals surface area contributed by atoms with Gasteiger partial charge in [-0.25, -0.2) is 30.2 Å². The second kappa shape index (κ2) is 12.8. The maximum atomic E-state index is 14.4. The molecular weight excluding hydrogens is 712 g/mol. The summed E-state index contributed by atoms with van der Waals surface area (Å²) in [6.45, 7) is 5.53. The fraction of sp³-hybridized carbons (Fsp3) is 0.176. The molecule has 0 amide bonds. The quantitative estimate of drug-likeness (QED) is 0.151. The number of sulfonamides is 1. The van der Waals surface area contributed by atoms with Crippen molar-refractivity contribution in [1.29, 1.82) is 0 Å². The van der Waals surface area contributed by atoms with E-state index in [1.54, 1.807) is 60.1 Å². The summed E-state index contributed by atoms with van der Waals surface area (Å²) < 4.78 is 77.3. The molecule has 0 aliphatic heterocycles. The minimum atomic E-state index is -4.11. The molecular formula is C34H30Cl2FN5O5S2. The van der Waals surface area contributed by atoms with E-state index >= 15 is 0 Å². The predicted molar refractivity (Wildman–Crippen MR) is 190 cm³/mol. The lowest BCUT2D eigenvalue weighted by Crippen LogP contribution is -2.12. The lowest BCUT2D eigenvalue weighted by atomic mass is 10.0. The number of hydrogen-bond donors (Lipinski definition) is 1. The Balaban J connectivity index is 1.57. The topological polar surface area (TPSA) is 125 Å². The summed E-state index contributed by atoms with van der Waals surface area (Å²) in [5, 5.41) is 5.37. The first-order chi connectivity index (χ1) is 23.1. The summed E-state index contributed by atoms with van der Waals surface area (Å²) in [6, 6.07) is 15.9. The van der Waals surface area contributed by atoms with Crippen LogP contribution in [0.4, 0.5) is 10.1 Å². The fourth-order valence-corrected chi connectivity index (χ4v) is 8.09. The molecule has 0 radical (unpaired) electrons. The lowest BCUT2D eigenvalue weighted by Gasteiger charge is -2.12. The summed E-state index contributed by atoms with van der Waals surface area (Å²) in [7, 11) is -6.31. The molecule has 1 N–H and O–H groups in total. The third kappa shape index (κ3) is 6.51. The predicted octanol–water partition coefficient (Wildman–Crippen LogP) is 7.60. The van der Waals surface area contributed by atoms with Crippen LogP contribution < -0.4 is 9.46 Å². The van der Waals surface area contributed by atoms with Crippen molar-refractivity contribution in [1.82, 2.24) is 18.7 Å². The summed E-state index contributed by atoms with van der Waals surface area (Å²) in [5.41, 5.74) is 5.22. The Kier molecular flexibility index (Phi) is 8.99. The number of aromatic nitrogens is 4. The van der Waals surface area contributed by atoms with Gasteiger partial charge in [0.15, 0.2) is 5.65 Å². The highest BCUT2D eigenvalue weighted by molar-refractivity contribution is 7.92. The molecule has 0 atom stereocenters. The Bertz CT molecular complexity index is 2500. The van der Waals surface area contributed by atoms with E-state index in [2.05, 4.69) is 9.71 Å². The minimum Gasteiger partial charge on any atom is -0.495 e. The number of anilines is 1. The van der Waals surface area contributed by atoms with Gasteiger partial charge in [0.1, 0.15) is 11.6 Å². The Morgan fingerprint density at radius 2 is 1.65 bits per heavy atom. The smallest absolute Gasteiger partial charge is 0.269 e. The highest BCUT2D eigenvalue weighted by Crippen LogP contribution is 2.39. The molecule has 15 heteroatoms. The van der Waals surface area contributed by atoms with Gasteiger partial charge in [0, 0.05) is 50.8 Å². The minimum absolute atomic E-state index is 0.0634. The number of fused-ring (bicyclic) bond motifs is 1. The Morgan fingerprint density at radius 3 is 2.33 bits per heavy atom. The molecule has 10 nitrogen and oxygen atoms in total. The number of nitrogens with zero attached hydrogens (tertiary/aromatic N) is 4. The molecule has 0 aliphatic carbocycles. The largest absolute Gasteiger partial charge is 0.495 e. The van der Waals surface area contributed by atoms with Gasteiger partial charge in [0.25, 0.3) is 10.0 Å². The molecule has 0 fully saturated rings. The molecule has 0 saturated carbocycles. The summed E-state index contributed by atoms with van der Waals surface area (Å²) >= 11 is 12.7. The number of ether oxygens (including phenoxy) is 1. The van der Waals surface area contributed by atoms with Gasteiger partial charge in [-0.05, 0) is 68.8 Å².